The monoisotopic (exact) mass is 290 g/mol. The third-order valence-corrected chi connectivity index (χ3v) is 4.18. The van der Waals surface area contributed by atoms with Crippen molar-refractivity contribution in [3.8, 4) is 0 Å². The zero-order valence-electron chi connectivity index (χ0n) is 13.0. The summed E-state index contributed by atoms with van der Waals surface area (Å²) in [6, 6.07) is 7.44. The number of nitrogens with two attached hydrogens (primary N) is 1. The van der Waals surface area contributed by atoms with Crippen LogP contribution in [0.1, 0.15) is 24.2 Å². The maximum atomic E-state index is 12.1. The van der Waals surface area contributed by atoms with Gasteiger partial charge in [0.15, 0.2) is 0 Å². The van der Waals surface area contributed by atoms with Gasteiger partial charge in [-0.15, -0.1) is 0 Å². The number of piperazine rings is 1. The number of hydrogen-bond acceptors (Lipinski definition) is 4. The van der Waals surface area contributed by atoms with Crippen LogP contribution in [-0.2, 0) is 0 Å². The molecule has 1 heterocycles. The first-order chi connectivity index (χ1) is 10.1. The zero-order chi connectivity index (χ0) is 15.2. The van der Waals surface area contributed by atoms with Gasteiger partial charge in [0, 0.05) is 50.0 Å². The Morgan fingerprint density at radius 1 is 1.33 bits per heavy atom. The lowest BCUT2D eigenvalue weighted by Gasteiger charge is -2.37. The van der Waals surface area contributed by atoms with E-state index >= 15 is 0 Å². The molecule has 1 aliphatic rings. The van der Waals surface area contributed by atoms with Crippen LogP contribution in [0.5, 0.6) is 0 Å². The van der Waals surface area contributed by atoms with Gasteiger partial charge in [0.2, 0.25) is 0 Å². The van der Waals surface area contributed by atoms with Gasteiger partial charge in [-0.05, 0) is 31.7 Å². The predicted octanol–water partition coefficient (Wildman–Crippen LogP) is 1.02. The quantitative estimate of drug-likeness (QED) is 0.795. The second-order valence-electron chi connectivity index (χ2n) is 5.65. The zero-order valence-corrected chi connectivity index (χ0v) is 13.0. The van der Waals surface area contributed by atoms with Crippen molar-refractivity contribution < 1.29 is 4.79 Å². The fourth-order valence-corrected chi connectivity index (χ4v) is 2.67. The van der Waals surface area contributed by atoms with Gasteiger partial charge < -0.3 is 16.0 Å². The maximum absolute atomic E-state index is 12.1. The minimum absolute atomic E-state index is 0.0543. The number of carbonyl (C=O) groups excluding carboxylic acids is 1. The molecule has 1 aromatic carbocycles. The molecule has 3 N–H and O–H groups in total. The summed E-state index contributed by atoms with van der Waals surface area (Å²) in [5.74, 6) is -0.0543. The number of nitrogen functional groups attached to an aromatic ring is 1. The number of amides is 1. The molecule has 1 saturated heterocycles. The van der Waals surface area contributed by atoms with Crippen LogP contribution >= 0.6 is 0 Å². The second kappa shape index (κ2) is 7.43. The third kappa shape index (κ3) is 4.44. The summed E-state index contributed by atoms with van der Waals surface area (Å²) in [5.41, 5.74) is 6.94. The van der Waals surface area contributed by atoms with Crippen LogP contribution in [0.15, 0.2) is 24.3 Å². The Bertz CT molecular complexity index is 469. The number of nitrogens with zero attached hydrogens (tertiary/aromatic N) is 2. The molecule has 1 unspecified atom stereocenters. The van der Waals surface area contributed by atoms with Crippen LogP contribution < -0.4 is 11.1 Å². The van der Waals surface area contributed by atoms with E-state index in [9.17, 15) is 4.79 Å². The van der Waals surface area contributed by atoms with Crippen molar-refractivity contribution in [1.29, 1.82) is 0 Å². The molecule has 116 valence electrons. The van der Waals surface area contributed by atoms with Gasteiger partial charge in [-0.25, -0.2) is 0 Å². The third-order valence-electron chi connectivity index (χ3n) is 4.18. The van der Waals surface area contributed by atoms with Crippen LogP contribution in [-0.4, -0.2) is 61.0 Å². The highest BCUT2D eigenvalue weighted by atomic mass is 16.1. The second-order valence-corrected chi connectivity index (χ2v) is 5.65. The van der Waals surface area contributed by atoms with Crippen LogP contribution in [0.2, 0.25) is 0 Å². The van der Waals surface area contributed by atoms with Gasteiger partial charge in [-0.1, -0.05) is 13.0 Å². The van der Waals surface area contributed by atoms with Crippen molar-refractivity contribution in [2.75, 3.05) is 45.0 Å². The minimum atomic E-state index is -0.0543. The summed E-state index contributed by atoms with van der Waals surface area (Å²) < 4.78 is 0. The number of benzene rings is 1. The summed E-state index contributed by atoms with van der Waals surface area (Å²) in [6.07, 6.45) is 0. The average Bonchev–Trinajstić information content (AvgIpc) is 2.52. The number of rotatable bonds is 5. The number of likely N-dealkylation sites (N-methyl/N-ethyl adjacent to an activating group) is 1. The smallest absolute Gasteiger partial charge is 0.251 e. The fourth-order valence-electron chi connectivity index (χ4n) is 2.67. The van der Waals surface area contributed by atoms with Crippen LogP contribution in [0, 0.1) is 0 Å². The first kappa shape index (κ1) is 15.8. The average molecular weight is 290 g/mol. The van der Waals surface area contributed by atoms with Gasteiger partial charge in [0.05, 0.1) is 0 Å². The van der Waals surface area contributed by atoms with Gasteiger partial charge in [-0.3, -0.25) is 9.69 Å². The number of hydrogen-bond donors (Lipinski definition) is 2. The Balaban J connectivity index is 1.79. The largest absolute Gasteiger partial charge is 0.399 e. The van der Waals surface area contributed by atoms with E-state index in [1.807, 2.05) is 0 Å². The highest BCUT2D eigenvalue weighted by Gasteiger charge is 2.20. The van der Waals surface area contributed by atoms with E-state index in [1.54, 1.807) is 24.3 Å². The highest BCUT2D eigenvalue weighted by Crippen LogP contribution is 2.08. The fraction of sp³-hybridized carbons (Fsp3) is 0.562. The lowest BCUT2D eigenvalue weighted by Crippen LogP contribution is -2.52. The van der Waals surface area contributed by atoms with Crippen molar-refractivity contribution in [3.63, 3.8) is 0 Å². The normalized spacial score (nSPS) is 18.4. The summed E-state index contributed by atoms with van der Waals surface area (Å²) in [6.45, 7) is 10.5. The summed E-state index contributed by atoms with van der Waals surface area (Å²) >= 11 is 0. The topological polar surface area (TPSA) is 61.6 Å². The molecule has 0 aliphatic carbocycles. The number of nitrogens with one attached hydrogen (secondary N) is 1. The molecule has 1 aromatic rings. The van der Waals surface area contributed by atoms with Crippen molar-refractivity contribution >= 4 is 11.6 Å². The molecule has 0 saturated carbocycles. The molecule has 5 heteroatoms. The number of anilines is 1. The first-order valence-electron chi connectivity index (χ1n) is 7.70. The molecule has 1 atom stereocenters. The van der Waals surface area contributed by atoms with E-state index in [-0.39, 0.29) is 5.91 Å². The van der Waals surface area contributed by atoms with Gasteiger partial charge >= 0.3 is 0 Å². The van der Waals surface area contributed by atoms with E-state index in [1.165, 1.54) is 0 Å². The molecule has 1 fully saturated rings. The van der Waals surface area contributed by atoms with Crippen LogP contribution in [0.25, 0.3) is 0 Å². The van der Waals surface area contributed by atoms with E-state index in [0.29, 0.717) is 23.8 Å². The Labute approximate surface area is 127 Å². The molecule has 1 aliphatic heterocycles. The van der Waals surface area contributed by atoms with E-state index < -0.39 is 0 Å². The van der Waals surface area contributed by atoms with Crippen molar-refractivity contribution in [2.45, 2.75) is 19.9 Å². The Morgan fingerprint density at radius 3 is 2.67 bits per heavy atom. The van der Waals surface area contributed by atoms with Gasteiger partial charge in [0.25, 0.3) is 5.91 Å². The first-order valence-corrected chi connectivity index (χ1v) is 7.70. The van der Waals surface area contributed by atoms with E-state index in [0.717, 1.165) is 32.7 Å². The lowest BCUT2D eigenvalue weighted by molar-refractivity contribution is 0.0883. The molecule has 0 spiro atoms. The molecular formula is C16H26N4O. The SMILES string of the molecule is CCN1CCN(C(C)CNC(=O)c2cccc(N)c2)CC1. The molecule has 0 radical (unpaired) electrons. The summed E-state index contributed by atoms with van der Waals surface area (Å²) in [5, 5.41) is 3.00. The van der Waals surface area contributed by atoms with Crippen LogP contribution in [0.4, 0.5) is 5.69 Å². The van der Waals surface area contributed by atoms with Crippen LogP contribution in [0.3, 0.4) is 0 Å². The van der Waals surface area contributed by atoms with E-state index in [4.69, 9.17) is 5.73 Å². The minimum Gasteiger partial charge on any atom is -0.399 e. The standard InChI is InChI=1S/C16H26N4O/c1-3-19-7-9-20(10-8-19)13(2)12-18-16(21)14-5-4-6-15(17)11-14/h4-6,11,13H,3,7-10,12,17H2,1-2H3,(H,18,21). The van der Waals surface area contributed by atoms with Crippen molar-refractivity contribution in [2.24, 2.45) is 0 Å². The van der Waals surface area contributed by atoms with Crippen molar-refractivity contribution in [1.82, 2.24) is 15.1 Å². The molecule has 0 bridgehead atoms. The number of carbonyl (C=O) groups is 1. The Hall–Kier alpha value is -1.59. The molecule has 1 amide bonds. The predicted molar refractivity (Wildman–Crippen MR) is 86.3 cm³/mol. The summed E-state index contributed by atoms with van der Waals surface area (Å²) in [7, 11) is 0. The highest BCUT2D eigenvalue weighted by molar-refractivity contribution is 5.94. The molecule has 0 aromatic heterocycles. The van der Waals surface area contributed by atoms with Gasteiger partial charge in [0.1, 0.15) is 0 Å². The Kier molecular flexibility index (Phi) is 5.59. The molecule has 2 rings (SSSR count). The lowest BCUT2D eigenvalue weighted by atomic mass is 10.2. The Morgan fingerprint density at radius 2 is 2.05 bits per heavy atom. The van der Waals surface area contributed by atoms with E-state index in [2.05, 4.69) is 29.0 Å². The van der Waals surface area contributed by atoms with Gasteiger partial charge in [-0.2, -0.15) is 0 Å². The molecular weight excluding hydrogens is 264 g/mol. The molecule has 5 nitrogen and oxygen atoms in total. The summed E-state index contributed by atoms with van der Waals surface area (Å²) in [4.78, 5) is 17.0. The maximum Gasteiger partial charge on any atom is 0.251 e. The molecule has 21 heavy (non-hydrogen) atoms. The van der Waals surface area contributed by atoms with Crippen molar-refractivity contribution in [3.05, 3.63) is 29.8 Å².